The molecule has 0 saturated carbocycles. The van der Waals surface area contributed by atoms with Crippen LogP contribution in [0.25, 0.3) is 0 Å². The molecule has 0 aliphatic heterocycles. The van der Waals surface area contributed by atoms with Gasteiger partial charge in [-0.25, -0.2) is 38.4 Å². The van der Waals surface area contributed by atoms with Crippen LogP contribution in [0.15, 0.2) is 98.1 Å². The quantitative estimate of drug-likeness (QED) is 0.0448. The van der Waals surface area contributed by atoms with E-state index in [1.165, 1.54) is 13.8 Å². The first-order valence-corrected chi connectivity index (χ1v) is 21.8. The molecule has 0 saturated heterocycles. The maximum absolute atomic E-state index is 12.6. The topological polar surface area (TPSA) is 262 Å². The van der Waals surface area contributed by atoms with Crippen molar-refractivity contribution in [3.63, 3.8) is 0 Å². The van der Waals surface area contributed by atoms with Crippen molar-refractivity contribution in [3.8, 4) is 0 Å². The fourth-order valence-electron chi connectivity index (χ4n) is 5.42. The highest BCUT2D eigenvalue weighted by Gasteiger charge is 2.21. The van der Waals surface area contributed by atoms with Crippen molar-refractivity contribution in [2.24, 2.45) is 0 Å². The summed E-state index contributed by atoms with van der Waals surface area (Å²) in [5.41, 5.74) is 3.10. The number of carbonyl (C=O) groups excluding carboxylic acids is 8. The summed E-state index contributed by atoms with van der Waals surface area (Å²) < 4.78 is 41.3. The molecule has 2 aromatic rings. The van der Waals surface area contributed by atoms with Gasteiger partial charge in [0.05, 0.1) is 0 Å². The highest BCUT2D eigenvalue weighted by atomic mass is 16.6. The molecule has 0 radical (unpaired) electrons. The van der Waals surface area contributed by atoms with E-state index in [4.69, 9.17) is 37.9 Å². The van der Waals surface area contributed by atoms with Gasteiger partial charge < -0.3 is 59.2 Å². The van der Waals surface area contributed by atoms with Crippen molar-refractivity contribution in [1.82, 2.24) is 26.2 Å². The lowest BCUT2D eigenvalue weighted by atomic mass is 10.1. The van der Waals surface area contributed by atoms with E-state index in [-0.39, 0.29) is 77.0 Å². The Bertz CT molecular complexity index is 1950. The van der Waals surface area contributed by atoms with Crippen LogP contribution < -0.4 is 21.3 Å². The van der Waals surface area contributed by atoms with Gasteiger partial charge in [0.1, 0.15) is 39.6 Å². The number of nitrogens with one attached hydrogen (secondary N) is 4. The zero-order chi connectivity index (χ0) is 51.0. The lowest BCUT2D eigenvalue weighted by Crippen LogP contribution is -2.35. The third kappa shape index (κ3) is 26.3. The van der Waals surface area contributed by atoms with Crippen LogP contribution >= 0.6 is 0 Å². The summed E-state index contributed by atoms with van der Waals surface area (Å²) in [5, 5.41) is 10.6. The molecule has 2 atom stereocenters. The number of ether oxygens (including phenoxy) is 8. The van der Waals surface area contributed by atoms with Gasteiger partial charge in [0, 0.05) is 62.6 Å². The second-order valence-corrected chi connectivity index (χ2v) is 15.0. The van der Waals surface area contributed by atoms with E-state index < -0.39 is 60.5 Å². The molecule has 2 rings (SSSR count). The van der Waals surface area contributed by atoms with Gasteiger partial charge in [-0.05, 0) is 49.1 Å². The number of unbranched alkanes of at least 4 members (excludes halogenated alkanes) is 1. The monoisotopic (exact) mass is 965 g/mol. The molecular weight excluding hydrogens is 903 g/mol. The Morgan fingerprint density at radius 1 is 0.536 bits per heavy atom. The van der Waals surface area contributed by atoms with E-state index in [9.17, 15) is 38.4 Å². The number of hydrogen-bond acceptors (Lipinski definition) is 17. The van der Waals surface area contributed by atoms with Gasteiger partial charge in [-0.3, -0.25) is 4.90 Å². The van der Waals surface area contributed by atoms with E-state index in [1.807, 2.05) is 11.8 Å². The maximum Gasteiger partial charge on any atom is 0.407 e. The molecule has 0 bridgehead atoms. The first kappa shape index (κ1) is 57.4. The molecule has 0 fully saturated rings. The molecule has 2 unspecified atom stereocenters. The van der Waals surface area contributed by atoms with Gasteiger partial charge in [0.15, 0.2) is 12.2 Å². The first-order chi connectivity index (χ1) is 33.0. The summed E-state index contributed by atoms with van der Waals surface area (Å²) in [6, 6.07) is 14.1. The minimum absolute atomic E-state index is 0.0531. The SMILES string of the molecule is C=CC(=O)OCC(COC(=O)C(=C)C)OC(=O)NCc1cccc(CNC(=O)OCCN(CCCC)CCOC(=O)NCc2cccc(CNC(=O)OC(COC(=O)C=C)COC(=O)C(=C)C)c2)c1. The number of rotatable bonds is 31. The van der Waals surface area contributed by atoms with Crippen LogP contribution in [0, 0.1) is 0 Å². The number of nitrogens with zero attached hydrogens (tertiary/aromatic N) is 1. The lowest BCUT2D eigenvalue weighted by Gasteiger charge is -2.22. The molecule has 4 amide bonds. The van der Waals surface area contributed by atoms with Crippen molar-refractivity contribution in [2.75, 3.05) is 59.3 Å². The molecule has 21 heteroatoms. The Morgan fingerprint density at radius 2 is 0.884 bits per heavy atom. The smallest absolute Gasteiger partial charge is 0.407 e. The van der Waals surface area contributed by atoms with Gasteiger partial charge in [-0.15, -0.1) is 0 Å². The third-order valence-electron chi connectivity index (χ3n) is 9.04. The summed E-state index contributed by atoms with van der Waals surface area (Å²) in [7, 11) is 0. The average Bonchev–Trinajstić information content (AvgIpc) is 3.34. The van der Waals surface area contributed by atoms with Crippen molar-refractivity contribution < 1.29 is 76.3 Å². The predicted octanol–water partition coefficient (Wildman–Crippen LogP) is 4.83. The Kier molecular flexibility index (Phi) is 27.4. The molecule has 21 nitrogen and oxygen atoms in total. The van der Waals surface area contributed by atoms with Crippen LogP contribution in [0.4, 0.5) is 19.2 Å². The Balaban J connectivity index is 1.76. The molecule has 69 heavy (non-hydrogen) atoms. The second kappa shape index (κ2) is 32.9. The van der Waals surface area contributed by atoms with Crippen molar-refractivity contribution in [3.05, 3.63) is 120 Å². The molecule has 0 aliphatic carbocycles. The summed E-state index contributed by atoms with van der Waals surface area (Å²) in [6.45, 7) is 19.0. The van der Waals surface area contributed by atoms with Crippen molar-refractivity contribution >= 4 is 48.3 Å². The number of carbonyl (C=O) groups is 8. The van der Waals surface area contributed by atoms with Crippen molar-refractivity contribution in [1.29, 1.82) is 0 Å². The van der Waals surface area contributed by atoms with Gasteiger partial charge in [-0.1, -0.05) is 88.2 Å². The molecule has 0 spiro atoms. The molecule has 0 heterocycles. The van der Waals surface area contributed by atoms with Crippen LogP contribution in [0.1, 0.15) is 55.9 Å². The zero-order valence-electron chi connectivity index (χ0n) is 39.3. The Morgan fingerprint density at radius 3 is 1.22 bits per heavy atom. The molecule has 0 aliphatic rings. The normalized spacial score (nSPS) is 11.2. The lowest BCUT2D eigenvalue weighted by molar-refractivity contribution is -0.148. The maximum atomic E-state index is 12.6. The number of alkyl carbamates (subject to hydrolysis) is 4. The number of hydrogen-bond donors (Lipinski definition) is 4. The molecule has 4 N–H and O–H groups in total. The van der Waals surface area contributed by atoms with E-state index in [0.29, 0.717) is 30.8 Å². The van der Waals surface area contributed by atoms with Gasteiger partial charge in [0.2, 0.25) is 0 Å². The largest absolute Gasteiger partial charge is 0.458 e. The minimum atomic E-state index is -1.09. The summed E-state index contributed by atoms with van der Waals surface area (Å²) in [4.78, 5) is 98.8. The molecule has 376 valence electrons. The predicted molar refractivity (Wildman–Crippen MR) is 249 cm³/mol. The Hall–Kier alpha value is -7.68. The van der Waals surface area contributed by atoms with Gasteiger partial charge >= 0.3 is 48.3 Å². The van der Waals surface area contributed by atoms with Crippen molar-refractivity contribution in [2.45, 2.75) is 72.0 Å². The van der Waals surface area contributed by atoms with Gasteiger partial charge in [0.25, 0.3) is 0 Å². The number of amides is 4. The fourth-order valence-corrected chi connectivity index (χ4v) is 5.42. The van der Waals surface area contributed by atoms with Crippen LogP contribution in [-0.4, -0.2) is 125 Å². The van der Waals surface area contributed by atoms with E-state index in [0.717, 1.165) is 36.1 Å². The van der Waals surface area contributed by atoms with Gasteiger partial charge in [-0.2, -0.15) is 0 Å². The highest BCUT2D eigenvalue weighted by molar-refractivity contribution is 5.87. The fraction of sp³-hybridized carbons (Fsp3) is 0.417. The Labute approximate surface area is 401 Å². The zero-order valence-corrected chi connectivity index (χ0v) is 39.3. The summed E-state index contributed by atoms with van der Waals surface area (Å²) in [6.07, 6.45) is -1.50. The minimum Gasteiger partial charge on any atom is -0.458 e. The third-order valence-corrected chi connectivity index (χ3v) is 9.04. The van der Waals surface area contributed by atoms with Crippen LogP contribution in [0.2, 0.25) is 0 Å². The second-order valence-electron chi connectivity index (χ2n) is 15.0. The number of benzene rings is 2. The number of esters is 4. The summed E-state index contributed by atoms with van der Waals surface area (Å²) in [5.74, 6) is -2.90. The molecular formula is C48H63N5O16. The van der Waals surface area contributed by atoms with Crippen LogP contribution in [0.5, 0.6) is 0 Å². The molecule has 2 aromatic carbocycles. The summed E-state index contributed by atoms with van der Waals surface area (Å²) >= 11 is 0. The standard InChI is InChI=1S/C48H63N5O16/c1-8-11-18-53(19-21-62-45(58)49-25-35-14-12-16-37(23-35)27-51-47(60)68-39(29-64-41(54)9-2)31-66-43(56)33(4)5)20-22-63-46(59)50-26-36-15-13-17-38(24-36)28-52-48(61)69-40(30-65-42(55)10-3)32-67-44(57)34(6)7/h9-10,12-17,23-24,39-40H,2-4,6,8,11,18-22,25-32H2,1,5,7H3,(H,49,58)(H,50,59)(H,51,60)(H,52,61). The van der Waals surface area contributed by atoms with E-state index in [2.05, 4.69) is 47.6 Å². The highest BCUT2D eigenvalue weighted by Crippen LogP contribution is 2.09. The van der Waals surface area contributed by atoms with E-state index in [1.54, 1.807) is 48.5 Å². The average molecular weight is 966 g/mol. The van der Waals surface area contributed by atoms with E-state index >= 15 is 0 Å². The van der Waals surface area contributed by atoms with Crippen LogP contribution in [-0.2, 0) is 83.3 Å². The first-order valence-electron chi connectivity index (χ1n) is 21.8. The van der Waals surface area contributed by atoms with Crippen LogP contribution in [0.3, 0.4) is 0 Å². The molecule has 0 aromatic heterocycles.